The minimum absolute atomic E-state index is 0.0924. The Hall–Kier alpha value is -1.09. The molecule has 0 radical (unpaired) electrons. The fourth-order valence-corrected chi connectivity index (χ4v) is 2.56. The molecule has 1 nitrogen and oxygen atoms in total. The third-order valence-electron chi connectivity index (χ3n) is 3.20. The van der Waals surface area contributed by atoms with Gasteiger partial charge in [-0.15, -0.1) is 0 Å². The zero-order valence-corrected chi connectivity index (χ0v) is 12.7. The standard InChI is InChI=1S/C16H16Cl2FN/c1-11(14-6-3-7-15(17)16(14)18)20-9-8-12-4-2-5-13(19)10-12/h2-7,10-11,20H,8-9H2,1H3. The summed E-state index contributed by atoms with van der Waals surface area (Å²) in [5.41, 5.74) is 1.94. The van der Waals surface area contributed by atoms with Gasteiger partial charge in [-0.05, 0) is 49.2 Å². The molecule has 0 saturated heterocycles. The predicted molar refractivity (Wildman–Crippen MR) is 83.0 cm³/mol. The molecule has 0 aliphatic rings. The van der Waals surface area contributed by atoms with Gasteiger partial charge >= 0.3 is 0 Å². The average Bonchev–Trinajstić information content (AvgIpc) is 2.42. The molecule has 0 aliphatic carbocycles. The van der Waals surface area contributed by atoms with Crippen molar-refractivity contribution in [2.75, 3.05) is 6.54 Å². The van der Waals surface area contributed by atoms with Gasteiger partial charge in [0.2, 0.25) is 0 Å². The molecule has 1 atom stereocenters. The number of hydrogen-bond donors (Lipinski definition) is 1. The van der Waals surface area contributed by atoms with E-state index < -0.39 is 0 Å². The SMILES string of the molecule is CC(NCCc1cccc(F)c1)c1cccc(Cl)c1Cl. The van der Waals surface area contributed by atoms with Gasteiger partial charge in [-0.3, -0.25) is 0 Å². The maximum Gasteiger partial charge on any atom is 0.123 e. The van der Waals surface area contributed by atoms with E-state index in [1.54, 1.807) is 18.2 Å². The number of benzene rings is 2. The van der Waals surface area contributed by atoms with E-state index in [9.17, 15) is 4.39 Å². The normalized spacial score (nSPS) is 12.4. The van der Waals surface area contributed by atoms with E-state index in [1.165, 1.54) is 6.07 Å². The van der Waals surface area contributed by atoms with Crippen LogP contribution in [-0.2, 0) is 6.42 Å². The molecular weight excluding hydrogens is 296 g/mol. The van der Waals surface area contributed by atoms with Crippen molar-refractivity contribution in [2.45, 2.75) is 19.4 Å². The number of nitrogens with one attached hydrogen (secondary N) is 1. The second kappa shape index (κ2) is 7.07. The lowest BCUT2D eigenvalue weighted by Gasteiger charge is -2.16. The first-order valence-corrected chi connectivity index (χ1v) is 7.25. The zero-order valence-electron chi connectivity index (χ0n) is 11.2. The van der Waals surface area contributed by atoms with Crippen LogP contribution in [0.15, 0.2) is 42.5 Å². The van der Waals surface area contributed by atoms with Crippen molar-refractivity contribution in [3.63, 3.8) is 0 Å². The minimum Gasteiger partial charge on any atom is -0.310 e. The molecule has 4 heteroatoms. The van der Waals surface area contributed by atoms with E-state index in [0.29, 0.717) is 10.0 Å². The Bertz CT molecular complexity index is 586. The van der Waals surface area contributed by atoms with Crippen LogP contribution in [0.1, 0.15) is 24.1 Å². The van der Waals surface area contributed by atoms with Crippen molar-refractivity contribution in [3.05, 3.63) is 69.5 Å². The van der Waals surface area contributed by atoms with Crippen LogP contribution in [0, 0.1) is 5.82 Å². The molecule has 0 heterocycles. The zero-order chi connectivity index (χ0) is 14.5. The Balaban J connectivity index is 1.92. The first kappa shape index (κ1) is 15.3. The molecule has 0 amide bonds. The first-order chi connectivity index (χ1) is 9.58. The monoisotopic (exact) mass is 311 g/mol. The molecule has 0 bridgehead atoms. The number of rotatable bonds is 5. The highest BCUT2D eigenvalue weighted by Crippen LogP contribution is 2.29. The van der Waals surface area contributed by atoms with Gasteiger partial charge in [0.05, 0.1) is 10.0 Å². The lowest BCUT2D eigenvalue weighted by atomic mass is 10.1. The first-order valence-electron chi connectivity index (χ1n) is 6.49. The van der Waals surface area contributed by atoms with Gasteiger partial charge in [-0.1, -0.05) is 47.5 Å². The molecule has 2 aromatic rings. The molecule has 0 spiro atoms. The van der Waals surface area contributed by atoms with E-state index >= 15 is 0 Å². The van der Waals surface area contributed by atoms with Crippen molar-refractivity contribution >= 4 is 23.2 Å². The highest BCUT2D eigenvalue weighted by Gasteiger charge is 2.11. The molecule has 20 heavy (non-hydrogen) atoms. The summed E-state index contributed by atoms with van der Waals surface area (Å²) in [5.74, 6) is -0.201. The summed E-state index contributed by atoms with van der Waals surface area (Å²) in [5, 5.41) is 4.51. The van der Waals surface area contributed by atoms with Gasteiger partial charge < -0.3 is 5.32 Å². The third-order valence-corrected chi connectivity index (χ3v) is 4.03. The quantitative estimate of drug-likeness (QED) is 0.817. The van der Waals surface area contributed by atoms with Gasteiger partial charge in [0.1, 0.15) is 5.82 Å². The van der Waals surface area contributed by atoms with Crippen LogP contribution in [0.4, 0.5) is 4.39 Å². The second-order valence-corrected chi connectivity index (χ2v) is 5.48. The van der Waals surface area contributed by atoms with Crippen LogP contribution in [0.3, 0.4) is 0 Å². The van der Waals surface area contributed by atoms with Gasteiger partial charge in [-0.2, -0.15) is 0 Å². The maximum atomic E-state index is 13.1. The molecule has 0 aromatic heterocycles. The van der Waals surface area contributed by atoms with E-state index in [4.69, 9.17) is 23.2 Å². The summed E-state index contributed by atoms with van der Waals surface area (Å²) in [6.45, 7) is 2.77. The minimum atomic E-state index is -0.201. The topological polar surface area (TPSA) is 12.0 Å². The summed E-state index contributed by atoms with van der Waals surface area (Å²) in [7, 11) is 0. The lowest BCUT2D eigenvalue weighted by molar-refractivity contribution is 0.574. The van der Waals surface area contributed by atoms with E-state index in [2.05, 4.69) is 5.32 Å². The number of hydrogen-bond acceptors (Lipinski definition) is 1. The Morgan fingerprint density at radius 2 is 1.90 bits per heavy atom. The molecule has 0 saturated carbocycles. The molecule has 2 aromatic carbocycles. The number of halogens is 3. The lowest BCUT2D eigenvalue weighted by Crippen LogP contribution is -2.21. The van der Waals surface area contributed by atoms with Crippen LogP contribution in [0.5, 0.6) is 0 Å². The highest BCUT2D eigenvalue weighted by molar-refractivity contribution is 6.42. The molecule has 0 aliphatic heterocycles. The van der Waals surface area contributed by atoms with E-state index in [0.717, 1.165) is 24.1 Å². The summed E-state index contributed by atoms with van der Waals surface area (Å²) in [4.78, 5) is 0. The average molecular weight is 312 g/mol. The Kier molecular flexibility index (Phi) is 5.41. The Morgan fingerprint density at radius 1 is 1.15 bits per heavy atom. The molecular formula is C16H16Cl2FN. The Labute approximate surface area is 128 Å². The van der Waals surface area contributed by atoms with Crippen molar-refractivity contribution in [1.29, 1.82) is 0 Å². The fraction of sp³-hybridized carbons (Fsp3) is 0.250. The van der Waals surface area contributed by atoms with Gasteiger partial charge in [0.15, 0.2) is 0 Å². The molecule has 0 fully saturated rings. The van der Waals surface area contributed by atoms with E-state index in [-0.39, 0.29) is 11.9 Å². The van der Waals surface area contributed by atoms with Crippen LogP contribution in [-0.4, -0.2) is 6.54 Å². The summed E-state index contributed by atoms with van der Waals surface area (Å²) >= 11 is 12.2. The molecule has 106 valence electrons. The molecule has 1 N–H and O–H groups in total. The van der Waals surface area contributed by atoms with Gasteiger partial charge in [-0.25, -0.2) is 4.39 Å². The molecule has 2 rings (SSSR count). The van der Waals surface area contributed by atoms with Crippen LogP contribution < -0.4 is 5.32 Å². The van der Waals surface area contributed by atoms with Crippen LogP contribution in [0.25, 0.3) is 0 Å². The van der Waals surface area contributed by atoms with Gasteiger partial charge in [0, 0.05) is 6.04 Å². The van der Waals surface area contributed by atoms with Gasteiger partial charge in [0.25, 0.3) is 0 Å². The van der Waals surface area contributed by atoms with Crippen molar-refractivity contribution in [1.82, 2.24) is 5.32 Å². The third kappa shape index (κ3) is 3.95. The maximum absolute atomic E-state index is 13.1. The highest BCUT2D eigenvalue weighted by atomic mass is 35.5. The second-order valence-electron chi connectivity index (χ2n) is 4.70. The summed E-state index contributed by atoms with van der Waals surface area (Å²) < 4.78 is 13.1. The largest absolute Gasteiger partial charge is 0.310 e. The Morgan fingerprint density at radius 3 is 2.65 bits per heavy atom. The van der Waals surface area contributed by atoms with Crippen molar-refractivity contribution in [3.8, 4) is 0 Å². The summed E-state index contributed by atoms with van der Waals surface area (Å²) in [6.07, 6.45) is 0.764. The van der Waals surface area contributed by atoms with Crippen LogP contribution >= 0.6 is 23.2 Å². The molecule has 1 unspecified atom stereocenters. The smallest absolute Gasteiger partial charge is 0.123 e. The fourth-order valence-electron chi connectivity index (χ4n) is 2.09. The van der Waals surface area contributed by atoms with Crippen molar-refractivity contribution < 1.29 is 4.39 Å². The van der Waals surface area contributed by atoms with Crippen LogP contribution in [0.2, 0.25) is 10.0 Å². The summed E-state index contributed by atoms with van der Waals surface area (Å²) in [6, 6.07) is 12.3. The predicted octanol–water partition coefficient (Wildman–Crippen LogP) is 5.03. The van der Waals surface area contributed by atoms with E-state index in [1.807, 2.05) is 25.1 Å². The van der Waals surface area contributed by atoms with Crippen molar-refractivity contribution in [2.24, 2.45) is 0 Å².